The van der Waals surface area contributed by atoms with Crippen LogP contribution >= 0.6 is 0 Å². The van der Waals surface area contributed by atoms with E-state index in [2.05, 4.69) is 0 Å². The smallest absolute Gasteiger partial charge is 1.00 e. The quantitative estimate of drug-likeness (QED) is 0.266. The average molecular weight is 152 g/mol. The first kappa shape index (κ1) is 22.5. The molecule has 7 heteroatoms. The molecular formula is C2H2Na2O5. The number of hydrogen-bond donors (Lipinski definition) is 2. The van der Waals surface area contributed by atoms with E-state index in [4.69, 9.17) is 19.8 Å². The van der Waals surface area contributed by atoms with Crippen LogP contribution in [0.5, 0.6) is 0 Å². The van der Waals surface area contributed by atoms with Gasteiger partial charge in [-0.25, -0.2) is 9.59 Å². The summed E-state index contributed by atoms with van der Waals surface area (Å²) in [5.74, 6) is -3.65. The molecule has 0 amide bonds. The summed E-state index contributed by atoms with van der Waals surface area (Å²) in [4.78, 5) is 18.2. The second-order valence-corrected chi connectivity index (χ2v) is 0.610. The predicted octanol–water partition coefficient (Wildman–Crippen LogP) is -6.96. The molecule has 0 aromatic rings. The SMILES string of the molecule is O=C(O)C(=O)O.[Na+].[Na+].[O-2]. The minimum Gasteiger partial charge on any atom is -2.00 e. The molecule has 0 aliphatic rings. The third-order valence-electron chi connectivity index (χ3n) is 0.183. The Morgan fingerprint density at radius 2 is 1.00 bits per heavy atom. The fraction of sp³-hybridized carbons (Fsp3) is 0. The summed E-state index contributed by atoms with van der Waals surface area (Å²) in [7, 11) is 0. The number of carboxylic acids is 2. The van der Waals surface area contributed by atoms with Crippen LogP contribution in [0.1, 0.15) is 0 Å². The predicted molar refractivity (Wildman–Crippen MR) is 16.0 cm³/mol. The summed E-state index contributed by atoms with van der Waals surface area (Å²) in [5, 5.41) is 14.8. The molecule has 42 valence electrons. The zero-order valence-corrected chi connectivity index (χ0v) is 9.12. The topological polar surface area (TPSA) is 103 Å². The molecule has 5 nitrogen and oxygen atoms in total. The van der Waals surface area contributed by atoms with Crippen LogP contribution in [0.25, 0.3) is 0 Å². The van der Waals surface area contributed by atoms with Gasteiger partial charge in [0.05, 0.1) is 0 Å². The van der Waals surface area contributed by atoms with Crippen LogP contribution in [-0.4, -0.2) is 22.2 Å². The zero-order chi connectivity index (χ0) is 5.15. The third kappa shape index (κ3) is 17.6. The second-order valence-electron chi connectivity index (χ2n) is 0.610. The van der Waals surface area contributed by atoms with Crippen molar-refractivity contribution in [2.45, 2.75) is 0 Å². The summed E-state index contributed by atoms with van der Waals surface area (Å²) >= 11 is 0. The van der Waals surface area contributed by atoms with Gasteiger partial charge in [0.15, 0.2) is 0 Å². The van der Waals surface area contributed by atoms with Crippen molar-refractivity contribution in [3.05, 3.63) is 0 Å². The first-order valence-electron chi connectivity index (χ1n) is 1.11. The fourth-order valence-electron chi connectivity index (χ4n) is 0. The molecule has 0 saturated carbocycles. The van der Waals surface area contributed by atoms with Gasteiger partial charge in [-0.05, 0) is 0 Å². The molecule has 0 saturated heterocycles. The molecule has 0 radical (unpaired) electrons. The summed E-state index contributed by atoms with van der Waals surface area (Å²) in [6, 6.07) is 0. The Bertz CT molecular complexity index is 79.0. The van der Waals surface area contributed by atoms with Crippen LogP contribution in [0.2, 0.25) is 0 Å². The van der Waals surface area contributed by atoms with Crippen molar-refractivity contribution in [1.82, 2.24) is 0 Å². The van der Waals surface area contributed by atoms with E-state index in [0.717, 1.165) is 0 Å². The Morgan fingerprint density at radius 3 is 1.00 bits per heavy atom. The monoisotopic (exact) mass is 152 g/mol. The van der Waals surface area contributed by atoms with Crippen molar-refractivity contribution < 1.29 is 84.4 Å². The van der Waals surface area contributed by atoms with Gasteiger partial charge in [-0.2, -0.15) is 0 Å². The summed E-state index contributed by atoms with van der Waals surface area (Å²) in [6.07, 6.45) is 0. The van der Waals surface area contributed by atoms with Gasteiger partial charge >= 0.3 is 71.1 Å². The summed E-state index contributed by atoms with van der Waals surface area (Å²) < 4.78 is 0. The maximum atomic E-state index is 9.10. The van der Waals surface area contributed by atoms with Gasteiger partial charge in [-0.3, -0.25) is 0 Å². The van der Waals surface area contributed by atoms with Crippen LogP contribution in [0.3, 0.4) is 0 Å². The molecular weight excluding hydrogens is 150 g/mol. The Kier molecular flexibility index (Phi) is 29.2. The molecule has 0 heterocycles. The maximum absolute atomic E-state index is 9.10. The Hall–Kier alpha value is 0.900. The van der Waals surface area contributed by atoms with Crippen molar-refractivity contribution in [3.63, 3.8) is 0 Å². The van der Waals surface area contributed by atoms with Gasteiger partial charge in [-0.1, -0.05) is 0 Å². The Morgan fingerprint density at radius 1 is 0.889 bits per heavy atom. The average Bonchev–Trinajstić information content (AvgIpc) is 1.36. The minimum atomic E-state index is -1.82. The van der Waals surface area contributed by atoms with Gasteiger partial charge in [0.1, 0.15) is 0 Å². The fourth-order valence-corrected chi connectivity index (χ4v) is 0. The molecule has 9 heavy (non-hydrogen) atoms. The van der Waals surface area contributed by atoms with Gasteiger partial charge in [0.25, 0.3) is 0 Å². The molecule has 0 unspecified atom stereocenters. The van der Waals surface area contributed by atoms with Crippen LogP contribution < -0.4 is 59.1 Å². The second kappa shape index (κ2) is 11.7. The maximum Gasteiger partial charge on any atom is 1.00 e. The molecule has 0 bridgehead atoms. The van der Waals surface area contributed by atoms with E-state index >= 15 is 0 Å². The van der Waals surface area contributed by atoms with E-state index in [-0.39, 0.29) is 64.6 Å². The van der Waals surface area contributed by atoms with Gasteiger partial charge < -0.3 is 15.7 Å². The molecule has 0 aliphatic carbocycles. The van der Waals surface area contributed by atoms with E-state index in [0.29, 0.717) is 0 Å². The number of aliphatic carboxylic acids is 2. The first-order chi connectivity index (χ1) is 2.64. The van der Waals surface area contributed by atoms with Crippen molar-refractivity contribution in [2.24, 2.45) is 0 Å². The Balaban J connectivity index is -0.0000000417. The normalized spacial score (nSPS) is 4.89. The molecule has 0 rings (SSSR count). The van der Waals surface area contributed by atoms with E-state index < -0.39 is 11.9 Å². The third-order valence-corrected chi connectivity index (χ3v) is 0.183. The van der Waals surface area contributed by atoms with Crippen LogP contribution in [0, 0.1) is 0 Å². The van der Waals surface area contributed by atoms with Crippen LogP contribution in [0.15, 0.2) is 0 Å². The largest absolute Gasteiger partial charge is 2.00 e. The van der Waals surface area contributed by atoms with Gasteiger partial charge in [0, 0.05) is 0 Å². The Labute approximate surface area is 95.3 Å². The van der Waals surface area contributed by atoms with E-state index in [1.54, 1.807) is 0 Å². The van der Waals surface area contributed by atoms with E-state index in [9.17, 15) is 0 Å². The molecule has 0 aliphatic heterocycles. The van der Waals surface area contributed by atoms with Crippen LogP contribution in [0.4, 0.5) is 0 Å². The summed E-state index contributed by atoms with van der Waals surface area (Å²) in [5.41, 5.74) is 0. The van der Waals surface area contributed by atoms with Crippen molar-refractivity contribution in [1.29, 1.82) is 0 Å². The number of carbonyl (C=O) groups is 2. The molecule has 0 fully saturated rings. The van der Waals surface area contributed by atoms with Gasteiger partial charge in [-0.15, -0.1) is 0 Å². The molecule has 0 aromatic heterocycles. The molecule has 2 N–H and O–H groups in total. The standard InChI is InChI=1S/C2H2O4.2Na.O/c3-1(4)2(5)6;;;/h(H,3,4)(H,5,6);;;/q;2*+1;-2. The van der Waals surface area contributed by atoms with E-state index in [1.165, 1.54) is 0 Å². The van der Waals surface area contributed by atoms with E-state index in [1.807, 2.05) is 0 Å². The van der Waals surface area contributed by atoms with Gasteiger partial charge in [0.2, 0.25) is 0 Å². The molecule has 0 atom stereocenters. The minimum absolute atomic E-state index is 0. The zero-order valence-electron chi connectivity index (χ0n) is 5.12. The number of carboxylic acid groups (broad SMARTS) is 2. The number of hydrogen-bond acceptors (Lipinski definition) is 2. The van der Waals surface area contributed by atoms with Crippen molar-refractivity contribution in [2.75, 3.05) is 0 Å². The molecule has 0 spiro atoms. The van der Waals surface area contributed by atoms with Crippen molar-refractivity contribution in [3.8, 4) is 0 Å². The van der Waals surface area contributed by atoms with Crippen molar-refractivity contribution >= 4 is 11.9 Å². The number of rotatable bonds is 0. The first-order valence-corrected chi connectivity index (χ1v) is 1.11. The molecule has 0 aromatic carbocycles. The summed E-state index contributed by atoms with van der Waals surface area (Å²) in [6.45, 7) is 0. The van der Waals surface area contributed by atoms with Crippen LogP contribution in [-0.2, 0) is 15.1 Å².